The van der Waals surface area contributed by atoms with Crippen LogP contribution in [-0.4, -0.2) is 35.2 Å². The van der Waals surface area contributed by atoms with Gasteiger partial charge in [-0.15, -0.1) is 0 Å². The number of carbonyl (C=O) groups is 2. The first kappa shape index (κ1) is 22.8. The number of carbonyl (C=O) groups excluding carboxylic acids is 2. The molecule has 0 bridgehead atoms. The van der Waals surface area contributed by atoms with E-state index in [4.69, 9.17) is 14.0 Å². The van der Waals surface area contributed by atoms with Gasteiger partial charge >= 0.3 is 12.1 Å². The van der Waals surface area contributed by atoms with Crippen LogP contribution < -0.4 is 10.1 Å². The van der Waals surface area contributed by atoms with Gasteiger partial charge in [-0.25, -0.2) is 0 Å². The molecule has 1 aromatic heterocycles. The van der Waals surface area contributed by atoms with E-state index in [9.17, 15) is 22.8 Å². The number of benzene rings is 2. The minimum absolute atomic E-state index is 0.0469. The highest BCUT2D eigenvalue weighted by molar-refractivity contribution is 5.98. The van der Waals surface area contributed by atoms with Gasteiger partial charge in [0.15, 0.2) is 6.61 Å². The molecular weight excluding hydrogens is 431 g/mol. The van der Waals surface area contributed by atoms with Crippen LogP contribution >= 0.6 is 0 Å². The average Bonchev–Trinajstić information content (AvgIpc) is 3.25. The third-order valence-electron chi connectivity index (χ3n) is 4.12. The number of hydrogen-bond acceptors (Lipinski definition) is 7. The summed E-state index contributed by atoms with van der Waals surface area (Å²) in [5, 5.41) is 6.09. The van der Waals surface area contributed by atoms with E-state index in [0.717, 1.165) is 12.1 Å². The smallest absolute Gasteiger partial charge is 0.416 e. The molecular formula is C21H18F3N3O5. The number of nitrogens with one attached hydrogen (secondary N) is 1. The lowest BCUT2D eigenvalue weighted by atomic mass is 10.1. The molecule has 1 N–H and O–H groups in total. The summed E-state index contributed by atoms with van der Waals surface area (Å²) in [5.74, 6) is -0.871. The molecule has 2 aromatic carbocycles. The van der Waals surface area contributed by atoms with Crippen molar-refractivity contribution in [1.29, 1.82) is 0 Å². The Hall–Kier alpha value is -3.89. The Morgan fingerprint density at radius 3 is 2.50 bits per heavy atom. The van der Waals surface area contributed by atoms with E-state index in [0.29, 0.717) is 17.9 Å². The SMILES string of the molecule is CCOc1ccccc1C(=O)NCC(=O)OCc1nc(-c2ccc(C(F)(F)F)cc2)no1. The van der Waals surface area contributed by atoms with E-state index >= 15 is 0 Å². The van der Waals surface area contributed by atoms with Crippen LogP contribution in [0.4, 0.5) is 13.2 Å². The van der Waals surface area contributed by atoms with Gasteiger partial charge in [-0.2, -0.15) is 18.2 Å². The second kappa shape index (κ2) is 9.94. The molecule has 0 unspecified atom stereocenters. The van der Waals surface area contributed by atoms with Gasteiger partial charge in [-0.3, -0.25) is 9.59 Å². The predicted molar refractivity (Wildman–Crippen MR) is 104 cm³/mol. The fourth-order valence-corrected chi connectivity index (χ4v) is 2.62. The van der Waals surface area contributed by atoms with E-state index < -0.39 is 30.2 Å². The molecule has 8 nitrogen and oxygen atoms in total. The van der Waals surface area contributed by atoms with Crippen molar-refractivity contribution in [1.82, 2.24) is 15.5 Å². The zero-order valence-electron chi connectivity index (χ0n) is 16.8. The fraction of sp³-hybridized carbons (Fsp3) is 0.238. The lowest BCUT2D eigenvalue weighted by molar-refractivity contribution is -0.144. The standard InChI is InChI=1S/C21H18F3N3O5/c1-2-30-16-6-4-3-5-15(16)20(29)25-11-18(28)31-12-17-26-19(27-32-17)13-7-9-14(10-8-13)21(22,23)24/h3-10H,2,11-12H2,1H3,(H,25,29). The highest BCUT2D eigenvalue weighted by atomic mass is 19.4. The molecule has 3 aromatic rings. The largest absolute Gasteiger partial charge is 0.493 e. The Balaban J connectivity index is 1.51. The van der Waals surface area contributed by atoms with Gasteiger partial charge in [0.25, 0.3) is 11.8 Å². The summed E-state index contributed by atoms with van der Waals surface area (Å²) in [7, 11) is 0. The molecule has 3 rings (SSSR count). The summed E-state index contributed by atoms with van der Waals surface area (Å²) in [5.41, 5.74) is -0.218. The van der Waals surface area contributed by atoms with E-state index in [1.807, 2.05) is 0 Å². The molecule has 168 valence electrons. The first-order valence-electron chi connectivity index (χ1n) is 9.43. The predicted octanol–water partition coefficient (Wildman–Crippen LogP) is 3.63. The van der Waals surface area contributed by atoms with Crippen LogP contribution in [0.15, 0.2) is 53.1 Å². The number of amides is 1. The average molecular weight is 449 g/mol. The molecule has 0 aliphatic carbocycles. The normalized spacial score (nSPS) is 11.1. The quantitative estimate of drug-likeness (QED) is 0.524. The summed E-state index contributed by atoms with van der Waals surface area (Å²) in [4.78, 5) is 28.1. The van der Waals surface area contributed by atoms with Crippen molar-refractivity contribution < 1.29 is 36.8 Å². The molecule has 1 amide bonds. The second-order valence-electron chi connectivity index (χ2n) is 6.36. The summed E-state index contributed by atoms with van der Waals surface area (Å²) < 4.78 is 53.2. The van der Waals surface area contributed by atoms with Crippen LogP contribution in [0.2, 0.25) is 0 Å². The molecule has 0 radical (unpaired) electrons. The van der Waals surface area contributed by atoms with Gasteiger partial charge in [0, 0.05) is 5.56 Å². The number of esters is 1. The number of ether oxygens (including phenoxy) is 2. The number of alkyl halides is 3. The van der Waals surface area contributed by atoms with E-state index in [1.165, 1.54) is 12.1 Å². The molecule has 32 heavy (non-hydrogen) atoms. The summed E-state index contributed by atoms with van der Waals surface area (Å²) >= 11 is 0. The lowest BCUT2D eigenvalue weighted by Crippen LogP contribution is -2.30. The Labute approximate surface area is 180 Å². The van der Waals surface area contributed by atoms with Gasteiger partial charge in [-0.1, -0.05) is 29.4 Å². The minimum atomic E-state index is -4.45. The number of aromatic nitrogens is 2. The molecule has 0 aliphatic heterocycles. The van der Waals surface area contributed by atoms with E-state index in [2.05, 4.69) is 15.5 Å². The van der Waals surface area contributed by atoms with Gasteiger partial charge in [0.2, 0.25) is 5.82 Å². The van der Waals surface area contributed by atoms with Gasteiger partial charge in [0.1, 0.15) is 12.3 Å². The highest BCUT2D eigenvalue weighted by Crippen LogP contribution is 2.30. The van der Waals surface area contributed by atoms with Crippen molar-refractivity contribution in [3.8, 4) is 17.1 Å². The second-order valence-corrected chi connectivity index (χ2v) is 6.36. The first-order valence-corrected chi connectivity index (χ1v) is 9.43. The van der Waals surface area contributed by atoms with E-state index in [-0.39, 0.29) is 23.9 Å². The number of nitrogens with zero attached hydrogens (tertiary/aromatic N) is 2. The minimum Gasteiger partial charge on any atom is -0.493 e. The van der Waals surface area contributed by atoms with Crippen LogP contribution in [0.25, 0.3) is 11.4 Å². The molecule has 11 heteroatoms. The Kier molecular flexibility index (Phi) is 7.08. The van der Waals surface area contributed by atoms with Crippen molar-refractivity contribution in [2.24, 2.45) is 0 Å². The molecule has 0 saturated heterocycles. The molecule has 1 heterocycles. The summed E-state index contributed by atoms with van der Waals surface area (Å²) in [6.45, 7) is 1.40. The molecule has 0 aliphatic rings. The first-order chi connectivity index (χ1) is 15.3. The molecule has 0 spiro atoms. The lowest BCUT2D eigenvalue weighted by Gasteiger charge is -2.10. The summed E-state index contributed by atoms with van der Waals surface area (Å²) in [6.07, 6.45) is -4.45. The zero-order valence-corrected chi connectivity index (χ0v) is 16.8. The van der Waals surface area contributed by atoms with Crippen LogP contribution in [0, 0.1) is 0 Å². The van der Waals surface area contributed by atoms with Crippen molar-refractivity contribution in [3.05, 3.63) is 65.5 Å². The van der Waals surface area contributed by atoms with Crippen molar-refractivity contribution >= 4 is 11.9 Å². The third-order valence-corrected chi connectivity index (χ3v) is 4.12. The topological polar surface area (TPSA) is 104 Å². The van der Waals surface area contributed by atoms with Gasteiger partial charge < -0.3 is 19.3 Å². The van der Waals surface area contributed by atoms with Crippen molar-refractivity contribution in [3.63, 3.8) is 0 Å². The maximum Gasteiger partial charge on any atom is 0.416 e. The van der Waals surface area contributed by atoms with E-state index in [1.54, 1.807) is 31.2 Å². The summed E-state index contributed by atoms with van der Waals surface area (Å²) in [6, 6.07) is 10.8. The van der Waals surface area contributed by atoms with Crippen molar-refractivity contribution in [2.75, 3.05) is 13.2 Å². The van der Waals surface area contributed by atoms with Crippen LogP contribution in [0.1, 0.15) is 28.7 Å². The Morgan fingerprint density at radius 1 is 1.09 bits per heavy atom. The number of para-hydroxylation sites is 1. The zero-order chi connectivity index (χ0) is 23.1. The monoisotopic (exact) mass is 449 g/mol. The number of halogens is 3. The van der Waals surface area contributed by atoms with Crippen LogP contribution in [0.5, 0.6) is 5.75 Å². The maximum absolute atomic E-state index is 12.6. The van der Waals surface area contributed by atoms with Gasteiger partial charge in [0.05, 0.1) is 17.7 Å². The highest BCUT2D eigenvalue weighted by Gasteiger charge is 2.30. The Bertz CT molecular complexity index is 1080. The molecule has 0 saturated carbocycles. The third kappa shape index (κ3) is 5.84. The number of hydrogen-bond donors (Lipinski definition) is 1. The number of rotatable bonds is 8. The Morgan fingerprint density at radius 2 is 1.81 bits per heavy atom. The molecule has 0 fully saturated rings. The molecule has 0 atom stereocenters. The fourth-order valence-electron chi connectivity index (χ4n) is 2.62. The van der Waals surface area contributed by atoms with Crippen molar-refractivity contribution in [2.45, 2.75) is 19.7 Å². The maximum atomic E-state index is 12.6. The van der Waals surface area contributed by atoms with Crippen LogP contribution in [0.3, 0.4) is 0 Å². The van der Waals surface area contributed by atoms with Crippen LogP contribution in [-0.2, 0) is 22.3 Å². The van der Waals surface area contributed by atoms with Gasteiger partial charge in [-0.05, 0) is 31.2 Å².